The highest BCUT2D eigenvalue weighted by Gasteiger charge is 2.31. The minimum absolute atomic E-state index is 0.301. The molecule has 6 nitrogen and oxygen atoms in total. The van der Waals surface area contributed by atoms with Crippen molar-refractivity contribution >= 4 is 44.0 Å². The lowest BCUT2D eigenvalue weighted by Gasteiger charge is -2.26. The van der Waals surface area contributed by atoms with Crippen LogP contribution in [0.25, 0.3) is 0 Å². The highest BCUT2D eigenvalue weighted by atomic mass is 35.5. The van der Waals surface area contributed by atoms with E-state index in [2.05, 4.69) is 10.3 Å². The summed E-state index contributed by atoms with van der Waals surface area (Å²) in [6.07, 6.45) is 0.541. The van der Waals surface area contributed by atoms with Crippen LogP contribution in [0.1, 0.15) is 34.8 Å². The zero-order valence-electron chi connectivity index (χ0n) is 13.8. The Hall–Kier alpha value is -1.48. The summed E-state index contributed by atoms with van der Waals surface area (Å²) in [6, 6.07) is 6.79. The standard InChI is InChI=1S/C16H18ClN3O3S2/c1-10(2)25(22,23)20-8-7-13-14(9-20)24-16(18-13)19-15(21)11-5-3-4-6-12(11)17/h3-6,10H,7-9H2,1-2H3,(H,18,19,21). The number of sulfonamides is 1. The fourth-order valence-corrected chi connectivity index (χ4v) is 5.12. The number of benzene rings is 1. The fraction of sp³-hybridized carbons (Fsp3) is 0.375. The first kappa shape index (κ1) is 18.3. The highest BCUT2D eigenvalue weighted by molar-refractivity contribution is 7.89. The summed E-state index contributed by atoms with van der Waals surface area (Å²) < 4.78 is 26.1. The van der Waals surface area contributed by atoms with Crippen LogP contribution in [0.4, 0.5) is 5.13 Å². The van der Waals surface area contributed by atoms with Gasteiger partial charge in [0.2, 0.25) is 10.0 Å². The predicted molar refractivity (Wildman–Crippen MR) is 99.7 cm³/mol. The number of hydrogen-bond donors (Lipinski definition) is 1. The summed E-state index contributed by atoms with van der Waals surface area (Å²) in [5.74, 6) is -0.330. The van der Waals surface area contributed by atoms with Crippen molar-refractivity contribution in [1.82, 2.24) is 9.29 Å². The zero-order valence-corrected chi connectivity index (χ0v) is 16.2. The van der Waals surface area contributed by atoms with Crippen molar-refractivity contribution in [1.29, 1.82) is 0 Å². The summed E-state index contributed by atoms with van der Waals surface area (Å²) in [7, 11) is -3.30. The van der Waals surface area contributed by atoms with E-state index in [0.29, 0.717) is 35.2 Å². The lowest BCUT2D eigenvalue weighted by atomic mass is 10.2. The van der Waals surface area contributed by atoms with Crippen molar-refractivity contribution in [2.45, 2.75) is 32.1 Å². The number of amides is 1. The van der Waals surface area contributed by atoms with E-state index in [1.807, 2.05) is 0 Å². The number of carbonyl (C=O) groups excluding carboxylic acids is 1. The van der Waals surface area contributed by atoms with Crippen LogP contribution < -0.4 is 5.32 Å². The van der Waals surface area contributed by atoms with Crippen LogP contribution in [0.15, 0.2) is 24.3 Å². The Morgan fingerprint density at radius 2 is 2.08 bits per heavy atom. The molecule has 2 aromatic rings. The van der Waals surface area contributed by atoms with E-state index in [9.17, 15) is 13.2 Å². The molecule has 1 aliphatic heterocycles. The Morgan fingerprint density at radius 3 is 2.76 bits per heavy atom. The maximum absolute atomic E-state index is 12.3. The first-order valence-corrected chi connectivity index (χ1v) is 10.5. The molecule has 2 heterocycles. The quantitative estimate of drug-likeness (QED) is 0.856. The lowest BCUT2D eigenvalue weighted by molar-refractivity contribution is 0.102. The van der Waals surface area contributed by atoms with Crippen molar-refractivity contribution < 1.29 is 13.2 Å². The summed E-state index contributed by atoms with van der Waals surface area (Å²) >= 11 is 7.34. The largest absolute Gasteiger partial charge is 0.298 e. The molecule has 9 heteroatoms. The van der Waals surface area contributed by atoms with E-state index in [4.69, 9.17) is 11.6 Å². The molecule has 1 amide bonds. The molecule has 0 unspecified atom stereocenters. The van der Waals surface area contributed by atoms with Crippen LogP contribution in [-0.2, 0) is 23.0 Å². The molecule has 0 spiro atoms. The van der Waals surface area contributed by atoms with E-state index >= 15 is 0 Å². The van der Waals surface area contributed by atoms with Crippen molar-refractivity contribution in [3.05, 3.63) is 45.4 Å². The van der Waals surface area contributed by atoms with Gasteiger partial charge in [0.1, 0.15) is 0 Å². The number of nitrogens with one attached hydrogen (secondary N) is 1. The zero-order chi connectivity index (χ0) is 18.2. The van der Waals surface area contributed by atoms with Gasteiger partial charge < -0.3 is 0 Å². The van der Waals surface area contributed by atoms with Crippen LogP contribution in [0.5, 0.6) is 0 Å². The van der Waals surface area contributed by atoms with E-state index in [0.717, 1.165) is 10.6 Å². The van der Waals surface area contributed by atoms with Gasteiger partial charge >= 0.3 is 0 Å². The molecule has 1 aromatic carbocycles. The molecule has 0 saturated heterocycles. The smallest absolute Gasteiger partial charge is 0.258 e. The molecule has 0 saturated carbocycles. The molecule has 0 radical (unpaired) electrons. The third kappa shape index (κ3) is 3.72. The fourth-order valence-electron chi connectivity index (χ4n) is 2.55. The molecule has 0 fully saturated rings. The van der Waals surface area contributed by atoms with Gasteiger partial charge in [0.05, 0.1) is 21.5 Å². The van der Waals surface area contributed by atoms with E-state index in [1.54, 1.807) is 38.1 Å². The van der Waals surface area contributed by atoms with E-state index < -0.39 is 15.3 Å². The summed E-state index contributed by atoms with van der Waals surface area (Å²) in [5.41, 5.74) is 1.22. The monoisotopic (exact) mass is 399 g/mol. The number of thiazole rings is 1. The first-order valence-electron chi connectivity index (χ1n) is 7.82. The molecular formula is C16H18ClN3O3S2. The molecule has 1 N–H and O–H groups in total. The normalized spacial score (nSPS) is 15.2. The number of carbonyl (C=O) groups is 1. The number of aromatic nitrogens is 1. The van der Waals surface area contributed by atoms with Crippen LogP contribution in [0, 0.1) is 0 Å². The number of rotatable bonds is 4. The highest BCUT2D eigenvalue weighted by Crippen LogP contribution is 2.30. The van der Waals surface area contributed by atoms with Gasteiger partial charge in [-0.15, -0.1) is 11.3 Å². The van der Waals surface area contributed by atoms with Gasteiger partial charge in [-0.25, -0.2) is 13.4 Å². The molecule has 0 bridgehead atoms. The number of hydrogen-bond acceptors (Lipinski definition) is 5. The van der Waals surface area contributed by atoms with Gasteiger partial charge in [-0.3, -0.25) is 10.1 Å². The average Bonchev–Trinajstić information content (AvgIpc) is 2.96. The topological polar surface area (TPSA) is 79.4 Å². The minimum atomic E-state index is -3.30. The van der Waals surface area contributed by atoms with Gasteiger partial charge in [0.25, 0.3) is 5.91 Å². The SMILES string of the molecule is CC(C)S(=O)(=O)N1CCc2nc(NC(=O)c3ccccc3Cl)sc2C1. The van der Waals surface area contributed by atoms with Crippen LogP contribution in [0.3, 0.4) is 0 Å². The third-order valence-electron chi connectivity index (χ3n) is 3.99. The Kier molecular flexibility index (Phi) is 5.15. The molecule has 25 heavy (non-hydrogen) atoms. The number of anilines is 1. The second kappa shape index (κ2) is 7.03. The van der Waals surface area contributed by atoms with Gasteiger partial charge in [-0.2, -0.15) is 4.31 Å². The van der Waals surface area contributed by atoms with E-state index in [-0.39, 0.29) is 5.91 Å². The maximum atomic E-state index is 12.3. The van der Waals surface area contributed by atoms with Crippen molar-refractivity contribution in [3.63, 3.8) is 0 Å². The molecule has 3 rings (SSSR count). The summed E-state index contributed by atoms with van der Waals surface area (Å²) in [6.45, 7) is 4.06. The number of fused-ring (bicyclic) bond motifs is 1. The van der Waals surface area contributed by atoms with Gasteiger partial charge in [0.15, 0.2) is 5.13 Å². The van der Waals surface area contributed by atoms with Gasteiger partial charge in [-0.05, 0) is 26.0 Å². The molecule has 1 aromatic heterocycles. The molecule has 1 aliphatic rings. The molecule has 0 aliphatic carbocycles. The Bertz CT molecular complexity index is 909. The molecule has 0 atom stereocenters. The van der Waals surface area contributed by atoms with Crippen LogP contribution in [0.2, 0.25) is 5.02 Å². The minimum Gasteiger partial charge on any atom is -0.298 e. The summed E-state index contributed by atoms with van der Waals surface area (Å²) in [4.78, 5) is 17.6. The second-order valence-corrected chi connectivity index (χ2v) is 9.98. The predicted octanol–water partition coefficient (Wildman–Crippen LogP) is 3.15. The Balaban J connectivity index is 1.77. The Labute approximate surface area is 155 Å². The van der Waals surface area contributed by atoms with Crippen molar-refractivity contribution in [3.8, 4) is 0 Å². The van der Waals surface area contributed by atoms with Gasteiger partial charge in [0, 0.05) is 24.4 Å². The van der Waals surface area contributed by atoms with Crippen LogP contribution in [-0.4, -0.2) is 35.4 Å². The van der Waals surface area contributed by atoms with Crippen molar-refractivity contribution in [2.75, 3.05) is 11.9 Å². The van der Waals surface area contributed by atoms with E-state index in [1.165, 1.54) is 15.6 Å². The van der Waals surface area contributed by atoms with Crippen LogP contribution >= 0.6 is 22.9 Å². The van der Waals surface area contributed by atoms with Gasteiger partial charge in [-0.1, -0.05) is 23.7 Å². The number of halogens is 1. The molecular weight excluding hydrogens is 382 g/mol. The Morgan fingerprint density at radius 1 is 1.36 bits per heavy atom. The van der Waals surface area contributed by atoms with Crippen molar-refractivity contribution in [2.24, 2.45) is 0 Å². The second-order valence-electron chi connectivity index (χ2n) is 6.00. The first-order chi connectivity index (χ1) is 11.8. The third-order valence-corrected chi connectivity index (χ3v) is 7.54. The number of nitrogens with zero attached hydrogens (tertiary/aromatic N) is 2. The summed E-state index contributed by atoms with van der Waals surface area (Å²) in [5, 5.41) is 3.12. The lowest BCUT2D eigenvalue weighted by Crippen LogP contribution is -2.39. The molecule has 134 valence electrons. The maximum Gasteiger partial charge on any atom is 0.258 e. The average molecular weight is 400 g/mol.